The maximum atomic E-state index is 5.70. The summed E-state index contributed by atoms with van der Waals surface area (Å²) < 4.78 is 0. The van der Waals surface area contributed by atoms with Crippen LogP contribution >= 0.6 is 46.4 Å². The Kier molecular flexibility index (Phi) is 6.37. The van der Waals surface area contributed by atoms with Crippen LogP contribution in [0.3, 0.4) is 0 Å². The largest absolute Gasteiger partial charge is 0.130 e. The number of alkyl halides is 4. The van der Waals surface area contributed by atoms with Gasteiger partial charge in [-0.25, -0.2) is 0 Å². The van der Waals surface area contributed by atoms with Gasteiger partial charge < -0.3 is 0 Å². The topological polar surface area (TPSA) is 0 Å². The van der Waals surface area contributed by atoms with Gasteiger partial charge in [0.15, 0.2) is 0 Å². The minimum absolute atomic E-state index is 0.0637. The van der Waals surface area contributed by atoms with Crippen LogP contribution in [0.1, 0.15) is 0 Å². The molecule has 0 radical (unpaired) electrons. The van der Waals surface area contributed by atoms with E-state index < -0.39 is 4.84 Å². The normalized spacial score (nSPS) is 16.3. The van der Waals surface area contributed by atoms with Crippen molar-refractivity contribution in [3.63, 3.8) is 0 Å². The highest BCUT2D eigenvalue weighted by molar-refractivity contribution is 6.47. The average molecular weight is 238 g/mol. The van der Waals surface area contributed by atoms with Crippen LogP contribution in [-0.4, -0.2) is 26.0 Å². The molecule has 0 spiro atoms. The van der Waals surface area contributed by atoms with Crippen molar-refractivity contribution >= 4 is 56.6 Å². The summed E-state index contributed by atoms with van der Waals surface area (Å²) in [6.45, 7) is 0. The van der Waals surface area contributed by atoms with Crippen molar-refractivity contribution in [2.45, 2.75) is 9.84 Å². The van der Waals surface area contributed by atoms with Crippen LogP contribution in [0, 0.1) is 0 Å². The van der Waals surface area contributed by atoms with Crippen LogP contribution in [0.15, 0.2) is 11.6 Å². The Bertz CT molecular complexity index is 121. The second kappa shape index (κ2) is 5.73. The Labute approximate surface area is 83.9 Å². The zero-order chi connectivity index (χ0) is 8.15. The molecule has 60 valence electrons. The molecule has 1 atom stereocenters. The van der Waals surface area contributed by atoms with Crippen LogP contribution in [0.25, 0.3) is 0 Å². The summed E-state index contributed by atoms with van der Waals surface area (Å²) in [4.78, 5) is -0.521. The first-order chi connectivity index (χ1) is 4.57. The van der Waals surface area contributed by atoms with Crippen molar-refractivity contribution in [1.82, 2.24) is 0 Å². The maximum absolute atomic E-state index is 5.70. The van der Waals surface area contributed by atoms with Gasteiger partial charge in [-0.05, 0) is 5.57 Å². The third kappa shape index (κ3) is 4.86. The summed E-state index contributed by atoms with van der Waals surface area (Å²) in [6, 6.07) is 0. The molecule has 0 fully saturated rings. The van der Waals surface area contributed by atoms with Crippen LogP contribution in [-0.2, 0) is 0 Å². The Morgan fingerprint density at radius 2 is 1.90 bits per heavy atom. The van der Waals surface area contributed by atoms with Gasteiger partial charge in [0.1, 0.15) is 4.84 Å². The van der Waals surface area contributed by atoms with Crippen molar-refractivity contribution in [3.05, 3.63) is 11.6 Å². The first kappa shape index (κ1) is 11.1. The molecule has 0 heterocycles. The smallest absolute Gasteiger partial charge is 0.123 e. The van der Waals surface area contributed by atoms with Crippen molar-refractivity contribution in [2.24, 2.45) is 0 Å². The molecular weight excluding hydrogens is 230 g/mol. The predicted octanol–water partition coefficient (Wildman–Crippen LogP) is 1.89. The molecule has 0 aliphatic carbocycles. The molecule has 0 aromatic rings. The molecule has 0 N–H and O–H groups in total. The highest BCUT2D eigenvalue weighted by Gasteiger charge is 2.06. The lowest BCUT2D eigenvalue weighted by Crippen LogP contribution is -2.01. The molecule has 0 aromatic carbocycles. The van der Waals surface area contributed by atoms with E-state index in [9.17, 15) is 0 Å². The molecule has 0 nitrogen and oxygen atoms in total. The molecular formula is C5H8Cl4Si. The maximum Gasteiger partial charge on any atom is 0.130 e. The summed E-state index contributed by atoms with van der Waals surface area (Å²) in [5.41, 5.74) is 0.792. The van der Waals surface area contributed by atoms with Gasteiger partial charge in [0, 0.05) is 21.1 Å². The zero-order valence-corrected chi connectivity index (χ0v) is 10.5. The Morgan fingerprint density at radius 3 is 2.00 bits per heavy atom. The fraction of sp³-hybridized carbons (Fsp3) is 0.600. The molecule has 0 rings (SSSR count). The lowest BCUT2D eigenvalue weighted by molar-refractivity contribution is 1.29. The van der Waals surface area contributed by atoms with Crippen LogP contribution < -0.4 is 0 Å². The molecule has 5 heteroatoms. The molecule has 1 unspecified atom stereocenters. The van der Waals surface area contributed by atoms with Gasteiger partial charge in [-0.3, -0.25) is 0 Å². The van der Waals surface area contributed by atoms with E-state index in [4.69, 9.17) is 46.4 Å². The van der Waals surface area contributed by atoms with Gasteiger partial charge in [-0.15, -0.1) is 46.4 Å². The second-order valence-corrected chi connectivity index (χ2v) is 5.88. The van der Waals surface area contributed by atoms with E-state index in [-0.39, 0.29) is 5.00 Å². The molecule has 0 aliphatic rings. The summed E-state index contributed by atoms with van der Waals surface area (Å²) in [7, 11) is 0.880. The first-order valence-corrected chi connectivity index (χ1v) is 5.76. The Balaban J connectivity index is 4.04. The number of rotatable bonds is 3. The van der Waals surface area contributed by atoms with Gasteiger partial charge >= 0.3 is 0 Å². The van der Waals surface area contributed by atoms with E-state index in [0.717, 1.165) is 15.8 Å². The predicted molar refractivity (Wildman–Crippen MR) is 53.9 cm³/mol. The highest BCUT2D eigenvalue weighted by atomic mass is 35.5. The Morgan fingerprint density at radius 1 is 1.40 bits per heavy atom. The zero-order valence-electron chi connectivity index (χ0n) is 5.45. The molecule has 0 aliphatic heterocycles. The van der Waals surface area contributed by atoms with E-state index in [1.54, 1.807) is 0 Å². The summed E-state index contributed by atoms with van der Waals surface area (Å²) in [6.07, 6.45) is 1.81. The fourth-order valence-corrected chi connectivity index (χ4v) is 1.76. The summed E-state index contributed by atoms with van der Waals surface area (Å²) >= 11 is 22.3. The number of halogens is 4. The van der Waals surface area contributed by atoms with Crippen molar-refractivity contribution < 1.29 is 0 Å². The van der Waals surface area contributed by atoms with Crippen LogP contribution in [0.4, 0.5) is 0 Å². The summed E-state index contributed by atoms with van der Waals surface area (Å²) in [5, 5.41) is 0.0637. The molecule has 10 heavy (non-hydrogen) atoms. The lowest BCUT2D eigenvalue weighted by atomic mass is 10.3. The quantitative estimate of drug-likeness (QED) is 0.400. The van der Waals surface area contributed by atoms with E-state index in [1.165, 1.54) is 0 Å². The Hall–Kier alpha value is 1.12. The van der Waals surface area contributed by atoms with Gasteiger partial charge in [0.25, 0.3) is 0 Å². The molecule has 0 bridgehead atoms. The van der Waals surface area contributed by atoms with E-state index in [0.29, 0.717) is 5.88 Å². The van der Waals surface area contributed by atoms with Crippen molar-refractivity contribution in [2.75, 3.05) is 5.88 Å². The average Bonchev–Trinajstić information content (AvgIpc) is 1.81. The van der Waals surface area contributed by atoms with E-state index in [1.807, 2.05) is 6.08 Å². The van der Waals surface area contributed by atoms with E-state index >= 15 is 0 Å². The number of hydrogen-bond donors (Lipinski definition) is 0. The SMILES string of the molecule is [SiH3]C(Cl)C=C(CCl)C(Cl)Cl. The van der Waals surface area contributed by atoms with Crippen molar-refractivity contribution in [3.8, 4) is 0 Å². The number of allylic oxidation sites excluding steroid dienone is 2. The minimum atomic E-state index is -0.521. The van der Waals surface area contributed by atoms with Crippen molar-refractivity contribution in [1.29, 1.82) is 0 Å². The third-order valence-electron chi connectivity index (χ3n) is 0.878. The van der Waals surface area contributed by atoms with Gasteiger partial charge in [-0.1, -0.05) is 6.08 Å². The third-order valence-corrected chi connectivity index (χ3v) is 2.21. The minimum Gasteiger partial charge on any atom is -0.123 e. The van der Waals surface area contributed by atoms with Crippen LogP contribution in [0.5, 0.6) is 0 Å². The lowest BCUT2D eigenvalue weighted by Gasteiger charge is -2.03. The highest BCUT2D eigenvalue weighted by Crippen LogP contribution is 2.16. The second-order valence-electron chi connectivity index (χ2n) is 1.85. The standard InChI is InChI=1S/C5H8Cl4Si/c6-2-3(5(8)9)1-4(7)10/h1,4-5H,2H2,10H3. The molecule has 0 saturated heterocycles. The van der Waals surface area contributed by atoms with E-state index in [2.05, 4.69) is 0 Å². The van der Waals surface area contributed by atoms with Gasteiger partial charge in [0.2, 0.25) is 0 Å². The number of hydrogen-bond acceptors (Lipinski definition) is 0. The van der Waals surface area contributed by atoms with Crippen LogP contribution in [0.2, 0.25) is 0 Å². The monoisotopic (exact) mass is 236 g/mol. The molecule has 0 aromatic heterocycles. The molecule has 0 amide bonds. The van der Waals surface area contributed by atoms with Gasteiger partial charge in [0.05, 0.1) is 0 Å². The first-order valence-electron chi connectivity index (χ1n) is 2.76. The molecule has 0 saturated carbocycles. The summed E-state index contributed by atoms with van der Waals surface area (Å²) in [5.74, 6) is 0.350. The van der Waals surface area contributed by atoms with Gasteiger partial charge in [-0.2, -0.15) is 0 Å². The fourth-order valence-electron chi connectivity index (χ4n) is 0.471.